The molecular weight excluding hydrogens is 196 g/mol. The second-order valence-corrected chi connectivity index (χ2v) is 3.26. The fourth-order valence-corrected chi connectivity index (χ4v) is 1.42. The second-order valence-electron chi connectivity index (χ2n) is 2.41. The predicted molar refractivity (Wildman–Crippen MR) is 46.8 cm³/mol. The quantitative estimate of drug-likeness (QED) is 0.586. The zero-order valence-electron chi connectivity index (χ0n) is 6.97. The van der Waals surface area contributed by atoms with Gasteiger partial charge in [-0.05, 0) is 18.4 Å². The molecule has 0 aliphatic rings. The molecule has 1 aromatic rings. The van der Waals surface area contributed by atoms with E-state index in [1.807, 2.05) is 0 Å². The summed E-state index contributed by atoms with van der Waals surface area (Å²) in [7, 11) is 0. The maximum absolute atomic E-state index is 13.1. The van der Waals surface area contributed by atoms with E-state index in [1.165, 1.54) is 0 Å². The van der Waals surface area contributed by atoms with Crippen molar-refractivity contribution in [1.29, 1.82) is 0 Å². The van der Waals surface area contributed by atoms with Crippen LogP contribution in [0.4, 0.5) is 8.78 Å². The summed E-state index contributed by atoms with van der Waals surface area (Å²) in [6.07, 6.45) is 1.67. The van der Waals surface area contributed by atoms with Crippen LogP contribution in [0, 0.1) is 11.6 Å². The Morgan fingerprint density at radius 2 is 2.08 bits per heavy atom. The number of hydroxylamine groups is 1. The highest BCUT2D eigenvalue weighted by Crippen LogP contribution is 2.22. The Morgan fingerprint density at radius 1 is 1.38 bits per heavy atom. The lowest BCUT2D eigenvalue weighted by molar-refractivity contribution is 0.160. The number of benzene rings is 1. The van der Waals surface area contributed by atoms with Crippen molar-refractivity contribution in [2.45, 2.75) is 11.4 Å². The molecule has 0 spiro atoms. The Morgan fingerprint density at radius 3 is 2.62 bits per heavy atom. The molecule has 0 amide bonds. The van der Waals surface area contributed by atoms with Crippen LogP contribution in [0.3, 0.4) is 0 Å². The summed E-state index contributed by atoms with van der Waals surface area (Å²) >= 11 is 1.14. The summed E-state index contributed by atoms with van der Waals surface area (Å²) in [4.78, 5) is 0.263. The van der Waals surface area contributed by atoms with Gasteiger partial charge in [-0.1, -0.05) is 0 Å². The zero-order valence-corrected chi connectivity index (χ0v) is 7.79. The maximum atomic E-state index is 13.1. The van der Waals surface area contributed by atoms with Gasteiger partial charge in [-0.25, -0.2) is 14.3 Å². The molecule has 0 saturated heterocycles. The SMILES string of the molecule is CSc1cc(F)c(CNO)cc1F. The summed E-state index contributed by atoms with van der Waals surface area (Å²) in [5.41, 5.74) is 1.89. The maximum Gasteiger partial charge on any atom is 0.137 e. The lowest BCUT2D eigenvalue weighted by Gasteiger charge is -2.04. The molecule has 0 radical (unpaired) electrons. The third-order valence-electron chi connectivity index (χ3n) is 1.59. The third-order valence-corrected chi connectivity index (χ3v) is 2.34. The summed E-state index contributed by atoms with van der Waals surface area (Å²) in [5, 5.41) is 8.32. The molecule has 0 unspecified atom stereocenters. The molecule has 2 nitrogen and oxygen atoms in total. The van der Waals surface area contributed by atoms with Gasteiger partial charge >= 0.3 is 0 Å². The zero-order chi connectivity index (χ0) is 9.84. The lowest BCUT2D eigenvalue weighted by atomic mass is 10.2. The van der Waals surface area contributed by atoms with Crippen LogP contribution in [0.25, 0.3) is 0 Å². The fraction of sp³-hybridized carbons (Fsp3) is 0.250. The average Bonchev–Trinajstić information content (AvgIpc) is 2.11. The molecule has 0 aliphatic heterocycles. The molecule has 0 saturated carbocycles. The number of hydrogen-bond donors (Lipinski definition) is 2. The molecule has 0 aliphatic carbocycles. The van der Waals surface area contributed by atoms with E-state index in [0.29, 0.717) is 0 Å². The van der Waals surface area contributed by atoms with Gasteiger partial charge in [0.1, 0.15) is 11.6 Å². The molecule has 5 heteroatoms. The minimum Gasteiger partial charge on any atom is -0.316 e. The van der Waals surface area contributed by atoms with Crippen LogP contribution >= 0.6 is 11.8 Å². The monoisotopic (exact) mass is 205 g/mol. The van der Waals surface area contributed by atoms with E-state index in [-0.39, 0.29) is 17.0 Å². The highest BCUT2D eigenvalue weighted by Gasteiger charge is 2.08. The number of nitrogens with one attached hydrogen (secondary N) is 1. The largest absolute Gasteiger partial charge is 0.316 e. The molecule has 2 N–H and O–H groups in total. The average molecular weight is 205 g/mol. The van der Waals surface area contributed by atoms with Crippen molar-refractivity contribution in [2.75, 3.05) is 6.26 Å². The highest BCUT2D eigenvalue weighted by molar-refractivity contribution is 7.98. The lowest BCUT2D eigenvalue weighted by Crippen LogP contribution is -2.08. The number of halogens is 2. The van der Waals surface area contributed by atoms with Crippen LogP contribution < -0.4 is 5.48 Å². The molecule has 0 aromatic heterocycles. The minimum absolute atomic E-state index is 0.0998. The van der Waals surface area contributed by atoms with E-state index in [9.17, 15) is 8.78 Å². The highest BCUT2D eigenvalue weighted by atomic mass is 32.2. The first-order valence-corrected chi connectivity index (χ1v) is 4.80. The van der Waals surface area contributed by atoms with Crippen LogP contribution in [0.15, 0.2) is 17.0 Å². The first-order chi connectivity index (χ1) is 6.19. The van der Waals surface area contributed by atoms with Gasteiger partial charge in [-0.2, -0.15) is 0 Å². The van der Waals surface area contributed by atoms with E-state index in [2.05, 4.69) is 0 Å². The first kappa shape index (κ1) is 10.4. The molecule has 0 atom stereocenters. The van der Waals surface area contributed by atoms with Gasteiger partial charge in [0, 0.05) is 17.0 Å². The molecule has 72 valence electrons. The minimum atomic E-state index is -0.521. The van der Waals surface area contributed by atoms with Crippen LogP contribution in [-0.4, -0.2) is 11.5 Å². The van der Waals surface area contributed by atoms with Crippen LogP contribution in [0.1, 0.15) is 5.56 Å². The Hall–Kier alpha value is -0.650. The van der Waals surface area contributed by atoms with Crippen LogP contribution in [-0.2, 0) is 6.54 Å². The Bertz CT molecular complexity index is 306. The predicted octanol–water partition coefficient (Wildman–Crippen LogP) is 2.17. The Balaban J connectivity index is 3.05. The van der Waals surface area contributed by atoms with Gasteiger partial charge in [0.15, 0.2) is 0 Å². The molecule has 0 bridgehead atoms. The van der Waals surface area contributed by atoms with Crippen molar-refractivity contribution in [3.05, 3.63) is 29.3 Å². The second kappa shape index (κ2) is 4.55. The molecule has 0 heterocycles. The van der Waals surface area contributed by atoms with Gasteiger partial charge in [0.25, 0.3) is 0 Å². The Labute approximate surface area is 78.9 Å². The van der Waals surface area contributed by atoms with E-state index in [1.54, 1.807) is 11.7 Å². The van der Waals surface area contributed by atoms with Crippen LogP contribution in [0.5, 0.6) is 0 Å². The summed E-state index contributed by atoms with van der Waals surface area (Å²) < 4.78 is 26.1. The molecule has 0 fully saturated rings. The number of hydrogen-bond acceptors (Lipinski definition) is 3. The summed E-state index contributed by atoms with van der Waals surface area (Å²) in [5.74, 6) is -0.994. The van der Waals surface area contributed by atoms with E-state index in [0.717, 1.165) is 23.9 Å². The van der Waals surface area contributed by atoms with Gasteiger partial charge in [-0.3, -0.25) is 0 Å². The molecular formula is C8H9F2NOS. The standard InChI is InChI=1S/C8H9F2NOS/c1-13-8-3-6(9)5(4-11-12)2-7(8)10/h2-3,11-12H,4H2,1H3. The van der Waals surface area contributed by atoms with E-state index >= 15 is 0 Å². The van der Waals surface area contributed by atoms with Crippen molar-refractivity contribution >= 4 is 11.8 Å². The van der Waals surface area contributed by atoms with Gasteiger partial charge in [0.05, 0.1) is 0 Å². The number of rotatable bonds is 3. The normalized spacial score (nSPS) is 10.5. The van der Waals surface area contributed by atoms with E-state index in [4.69, 9.17) is 5.21 Å². The van der Waals surface area contributed by atoms with Crippen molar-refractivity contribution in [2.24, 2.45) is 0 Å². The number of thioether (sulfide) groups is 1. The van der Waals surface area contributed by atoms with Crippen LogP contribution in [0.2, 0.25) is 0 Å². The van der Waals surface area contributed by atoms with Crippen molar-refractivity contribution < 1.29 is 14.0 Å². The van der Waals surface area contributed by atoms with Gasteiger partial charge < -0.3 is 5.21 Å². The Kier molecular flexibility index (Phi) is 3.65. The van der Waals surface area contributed by atoms with Crippen molar-refractivity contribution in [1.82, 2.24) is 5.48 Å². The van der Waals surface area contributed by atoms with Gasteiger partial charge in [0.2, 0.25) is 0 Å². The molecule has 13 heavy (non-hydrogen) atoms. The molecule has 1 aromatic carbocycles. The topological polar surface area (TPSA) is 32.3 Å². The first-order valence-electron chi connectivity index (χ1n) is 3.58. The van der Waals surface area contributed by atoms with Crippen molar-refractivity contribution in [3.8, 4) is 0 Å². The van der Waals surface area contributed by atoms with Gasteiger partial charge in [-0.15, -0.1) is 11.8 Å². The fourth-order valence-electron chi connectivity index (χ4n) is 0.947. The van der Waals surface area contributed by atoms with E-state index < -0.39 is 11.6 Å². The van der Waals surface area contributed by atoms with Crippen molar-refractivity contribution in [3.63, 3.8) is 0 Å². The smallest absolute Gasteiger partial charge is 0.137 e. The third kappa shape index (κ3) is 2.40. The summed E-state index contributed by atoms with van der Waals surface area (Å²) in [6.45, 7) is -0.0998. The summed E-state index contributed by atoms with van der Waals surface area (Å²) in [6, 6.07) is 2.19. The molecule has 1 rings (SSSR count).